The number of rotatable bonds is 4. The van der Waals surface area contributed by atoms with Crippen LogP contribution in [-0.2, 0) is 0 Å². The number of hydrogen-bond donors (Lipinski definition) is 0. The van der Waals surface area contributed by atoms with Gasteiger partial charge in [-0.25, -0.2) is 4.90 Å². The summed E-state index contributed by atoms with van der Waals surface area (Å²) in [7, 11) is 0. The quantitative estimate of drug-likeness (QED) is 0.0870. The van der Waals surface area contributed by atoms with Crippen molar-refractivity contribution in [1.82, 2.24) is 4.57 Å². The lowest BCUT2D eigenvalue weighted by atomic mass is 9.83. The topological polar surface area (TPSA) is 68.6 Å². The zero-order valence-electron chi connectivity index (χ0n) is 24.6. The Bertz CT molecular complexity index is 2700. The van der Waals surface area contributed by atoms with E-state index in [0.717, 1.165) is 43.1 Å². The van der Waals surface area contributed by atoms with Crippen molar-refractivity contribution in [2.75, 3.05) is 11.5 Å². The second-order valence-corrected chi connectivity index (χ2v) is 12.1. The number of halogens is 1. The molecule has 1 aromatic heterocycles. The third kappa shape index (κ3) is 3.60. The van der Waals surface area contributed by atoms with Gasteiger partial charge in [0.15, 0.2) is 0 Å². The molecule has 6 nitrogen and oxygen atoms in total. The molecule has 47 heavy (non-hydrogen) atoms. The highest BCUT2D eigenvalue weighted by atomic mass is 35.5. The predicted octanol–water partition coefficient (Wildman–Crippen LogP) is 7.64. The van der Waals surface area contributed by atoms with E-state index in [2.05, 4.69) is 12.5 Å². The zero-order chi connectivity index (χ0) is 32.1. The van der Waals surface area contributed by atoms with E-state index in [1.807, 2.05) is 48.5 Å². The maximum atomic E-state index is 14.0. The van der Waals surface area contributed by atoms with Gasteiger partial charge in [0.05, 0.1) is 5.69 Å². The molecule has 0 radical (unpaired) electrons. The Morgan fingerprint density at radius 1 is 0.617 bits per heavy atom. The number of ether oxygens (including phenoxy) is 1. The van der Waals surface area contributed by atoms with Gasteiger partial charge in [-0.15, -0.1) is 6.42 Å². The van der Waals surface area contributed by atoms with Crippen LogP contribution in [0.25, 0.3) is 66.1 Å². The Morgan fingerprint density at radius 2 is 1.11 bits per heavy atom. The molecule has 0 spiro atoms. The predicted molar refractivity (Wildman–Crippen MR) is 188 cm³/mol. The lowest BCUT2D eigenvalue weighted by molar-refractivity contribution is 0.0893. The van der Waals surface area contributed by atoms with Gasteiger partial charge in [-0.05, 0) is 99.0 Å². The Balaban J connectivity index is 1.29. The maximum Gasteiger partial charge on any atom is 0.265 e. The van der Waals surface area contributed by atoms with Crippen LogP contribution in [-0.4, -0.2) is 23.0 Å². The van der Waals surface area contributed by atoms with Crippen molar-refractivity contribution >= 4 is 89.5 Å². The van der Waals surface area contributed by atoms with E-state index in [0.29, 0.717) is 49.4 Å². The lowest BCUT2D eigenvalue weighted by Crippen LogP contribution is -2.40. The molecule has 7 heteroatoms. The summed E-state index contributed by atoms with van der Waals surface area (Å²) in [5, 5.41) is 9.54. The molecule has 0 unspecified atom stereocenters. The van der Waals surface area contributed by atoms with Crippen LogP contribution in [0.2, 0.25) is 5.02 Å². The molecule has 0 saturated heterocycles. The van der Waals surface area contributed by atoms with E-state index in [9.17, 15) is 14.4 Å². The van der Waals surface area contributed by atoms with Crippen molar-refractivity contribution in [2.45, 2.75) is 0 Å². The number of carbonyl (C=O) groups is 2. The number of anilines is 1. The summed E-state index contributed by atoms with van der Waals surface area (Å²) < 4.78 is 7.09. The Labute approximate surface area is 272 Å². The molecule has 0 N–H and O–H groups in total. The maximum absolute atomic E-state index is 14.0. The molecule has 2 heterocycles. The number of carbonyl (C=O) groups excluding carboxylic acids is 2. The van der Waals surface area contributed by atoms with Gasteiger partial charge in [0.2, 0.25) is 0 Å². The third-order valence-corrected chi connectivity index (χ3v) is 9.54. The van der Waals surface area contributed by atoms with Gasteiger partial charge in [-0.3, -0.25) is 19.0 Å². The molecule has 1 aliphatic heterocycles. The van der Waals surface area contributed by atoms with Gasteiger partial charge in [0.1, 0.15) is 12.4 Å². The fourth-order valence-electron chi connectivity index (χ4n) is 7.27. The number of hydrogen-bond acceptors (Lipinski definition) is 4. The largest absolute Gasteiger partial charge is 0.481 e. The number of benzene rings is 7. The van der Waals surface area contributed by atoms with Crippen LogP contribution in [0.4, 0.5) is 5.69 Å². The Hall–Kier alpha value is -6.16. The number of aromatic nitrogens is 1. The van der Waals surface area contributed by atoms with Gasteiger partial charge >= 0.3 is 0 Å². The second-order valence-electron chi connectivity index (χ2n) is 11.6. The first-order valence-corrected chi connectivity index (χ1v) is 15.3. The van der Waals surface area contributed by atoms with Crippen molar-refractivity contribution in [3.8, 4) is 23.8 Å². The fraction of sp³-hybridized carbons (Fsp3) is 0.0250. The zero-order valence-corrected chi connectivity index (χ0v) is 25.4. The number of fused-ring (bicyclic) bond motifs is 2. The standard InChI is InChI=1S/C40H21ClN2O4/c1-3-20-47-25-10-8-24(9-11-25)43-39(45)32-18-15-29-27-13-12-26-21(2)42(23-6-4-22(41)5-7-23)38(44)31-17-14-28(35(27)34(26)31)30-16-19-33(40(43)46)37(32)36(29)30/h1,4-19H,2,20H2. The Morgan fingerprint density at radius 3 is 1.70 bits per heavy atom. The smallest absolute Gasteiger partial charge is 0.265 e. The molecule has 1 aliphatic rings. The van der Waals surface area contributed by atoms with Crippen LogP contribution in [0, 0.1) is 12.3 Å². The Kier molecular flexibility index (Phi) is 5.59. The highest BCUT2D eigenvalue weighted by molar-refractivity contribution is 6.43. The molecule has 0 fully saturated rings. The first-order valence-electron chi connectivity index (χ1n) is 14.9. The van der Waals surface area contributed by atoms with Gasteiger partial charge in [-0.2, -0.15) is 0 Å². The first-order chi connectivity index (χ1) is 22.9. The molecule has 8 aromatic rings. The average molecular weight is 629 g/mol. The van der Waals surface area contributed by atoms with Gasteiger partial charge in [0, 0.05) is 48.7 Å². The highest BCUT2D eigenvalue weighted by Gasteiger charge is 2.35. The number of pyridine rings is 1. The van der Waals surface area contributed by atoms with Crippen molar-refractivity contribution in [3.63, 3.8) is 0 Å². The number of terminal acetylenes is 1. The summed E-state index contributed by atoms with van der Waals surface area (Å²) in [4.78, 5) is 43.2. The van der Waals surface area contributed by atoms with E-state index in [-0.39, 0.29) is 12.2 Å². The van der Waals surface area contributed by atoms with Gasteiger partial charge in [0.25, 0.3) is 17.4 Å². The number of amides is 2. The molecule has 9 rings (SSSR count). The average Bonchev–Trinajstić information content (AvgIpc) is 3.09. The van der Waals surface area contributed by atoms with Crippen LogP contribution >= 0.6 is 11.6 Å². The summed E-state index contributed by atoms with van der Waals surface area (Å²) in [6.45, 7) is 4.46. The number of nitrogens with zero attached hydrogens (tertiary/aromatic N) is 2. The van der Waals surface area contributed by atoms with Gasteiger partial charge in [-0.1, -0.05) is 54.4 Å². The summed E-state index contributed by atoms with van der Waals surface area (Å²) in [6, 6.07) is 29.2. The molecular weight excluding hydrogens is 608 g/mol. The molecule has 0 bridgehead atoms. The van der Waals surface area contributed by atoms with Crippen LogP contribution in [0.15, 0.2) is 102 Å². The minimum Gasteiger partial charge on any atom is -0.481 e. The molecular formula is C40H21ClN2O4. The van der Waals surface area contributed by atoms with Crippen molar-refractivity contribution in [1.29, 1.82) is 0 Å². The summed E-state index contributed by atoms with van der Waals surface area (Å²) >= 11 is 6.13. The minimum absolute atomic E-state index is 0.118. The van der Waals surface area contributed by atoms with Gasteiger partial charge < -0.3 is 4.74 Å². The van der Waals surface area contributed by atoms with Crippen LogP contribution in [0.1, 0.15) is 20.7 Å². The van der Waals surface area contributed by atoms with E-state index >= 15 is 0 Å². The summed E-state index contributed by atoms with van der Waals surface area (Å²) in [5.74, 6) is 2.17. The van der Waals surface area contributed by atoms with E-state index in [4.69, 9.17) is 22.8 Å². The van der Waals surface area contributed by atoms with Crippen LogP contribution in [0.5, 0.6) is 5.75 Å². The molecule has 7 aromatic carbocycles. The molecule has 0 saturated carbocycles. The summed E-state index contributed by atoms with van der Waals surface area (Å²) in [6.07, 6.45) is 5.29. The summed E-state index contributed by atoms with van der Waals surface area (Å²) in [5.41, 5.74) is 1.85. The minimum atomic E-state index is -0.399. The number of imide groups is 1. The molecule has 222 valence electrons. The van der Waals surface area contributed by atoms with Crippen molar-refractivity contribution in [2.24, 2.45) is 0 Å². The lowest BCUT2D eigenvalue weighted by Gasteiger charge is -2.28. The first kappa shape index (κ1) is 27.2. The van der Waals surface area contributed by atoms with Crippen molar-refractivity contribution in [3.05, 3.63) is 129 Å². The highest BCUT2D eigenvalue weighted by Crippen LogP contribution is 2.45. The van der Waals surface area contributed by atoms with Crippen molar-refractivity contribution < 1.29 is 14.3 Å². The van der Waals surface area contributed by atoms with Crippen LogP contribution in [0.3, 0.4) is 0 Å². The molecule has 0 aliphatic carbocycles. The SMILES string of the molecule is C#CCOc1ccc(N2C(=O)c3ccc4c5ccc6c(=C)n(-c7ccc(Cl)cc7)c(=O)c7ccc(c8ccc(c3c48)C2=O)c5c67)cc1. The third-order valence-electron chi connectivity index (χ3n) is 9.28. The van der Waals surface area contributed by atoms with E-state index in [1.165, 1.54) is 4.90 Å². The molecule has 2 amide bonds. The molecule has 0 atom stereocenters. The monoisotopic (exact) mass is 628 g/mol. The fourth-order valence-corrected chi connectivity index (χ4v) is 7.40. The second kappa shape index (κ2) is 9.67. The normalized spacial score (nSPS) is 13.1. The van der Waals surface area contributed by atoms with Crippen LogP contribution < -0.4 is 20.5 Å². The van der Waals surface area contributed by atoms with E-state index < -0.39 is 11.8 Å². The van der Waals surface area contributed by atoms with E-state index in [1.54, 1.807) is 53.1 Å².